The van der Waals surface area contributed by atoms with Gasteiger partial charge in [0.1, 0.15) is 5.65 Å². The van der Waals surface area contributed by atoms with Gasteiger partial charge in [-0.05, 0) is 45.1 Å². The van der Waals surface area contributed by atoms with Crippen molar-refractivity contribution < 1.29 is 4.39 Å². The van der Waals surface area contributed by atoms with Gasteiger partial charge in [0.25, 0.3) is 0 Å². The first kappa shape index (κ1) is 15.6. The van der Waals surface area contributed by atoms with Crippen molar-refractivity contribution >= 4 is 16.9 Å². The van der Waals surface area contributed by atoms with Crippen LogP contribution in [0.15, 0.2) is 23.1 Å². The second-order valence-electron chi connectivity index (χ2n) is 7.74. The zero-order chi connectivity index (χ0) is 17.1. The van der Waals surface area contributed by atoms with Crippen LogP contribution in [0.3, 0.4) is 0 Å². The molecule has 3 heterocycles. The topological polar surface area (TPSA) is 64.2 Å². The fraction of sp³-hybridized carbons (Fsp3) is 0.556. The molecule has 1 unspecified atom stereocenters. The third-order valence-electron chi connectivity index (χ3n) is 5.31. The molecule has 5 nitrogen and oxygen atoms in total. The maximum atomic E-state index is 14.6. The average Bonchev–Trinajstić information content (AvgIpc) is 3.22. The summed E-state index contributed by atoms with van der Waals surface area (Å²) in [6.07, 6.45) is 4.87. The summed E-state index contributed by atoms with van der Waals surface area (Å²) in [5.74, 6) is 0.216. The summed E-state index contributed by atoms with van der Waals surface area (Å²) in [6, 6.07) is 3.23. The lowest BCUT2D eigenvalue weighted by atomic mass is 9.88. The molecule has 0 spiro atoms. The monoisotopic (exact) mass is 330 g/mol. The molecular weight excluding hydrogens is 307 g/mol. The molecule has 2 N–H and O–H groups in total. The molecule has 24 heavy (non-hydrogen) atoms. The standard InChI is InChI=1S/C18H23FN4O/c1-18(2,20)11-5-7-22(10-11)17-14(19)9-13-15(24)6-8-23(12-3-4-12)16(13)21-17/h6,8-9,11-12H,3-5,7,10,20H2,1-2H3. The third kappa shape index (κ3) is 2.59. The second-order valence-corrected chi connectivity index (χ2v) is 7.74. The van der Waals surface area contributed by atoms with Crippen LogP contribution in [0, 0.1) is 11.7 Å². The lowest BCUT2D eigenvalue weighted by molar-refractivity contribution is 0.348. The molecule has 1 atom stereocenters. The van der Waals surface area contributed by atoms with Gasteiger partial charge in [0.05, 0.1) is 5.39 Å². The second kappa shape index (κ2) is 5.28. The van der Waals surface area contributed by atoms with Gasteiger partial charge in [-0.1, -0.05) is 0 Å². The highest BCUT2D eigenvalue weighted by atomic mass is 19.1. The summed E-state index contributed by atoms with van der Waals surface area (Å²) in [7, 11) is 0. The number of rotatable bonds is 3. The van der Waals surface area contributed by atoms with Gasteiger partial charge in [0, 0.05) is 36.9 Å². The molecule has 1 saturated carbocycles. The van der Waals surface area contributed by atoms with Crippen LogP contribution in [0.2, 0.25) is 0 Å². The molecule has 2 fully saturated rings. The molecule has 1 aliphatic carbocycles. The molecule has 2 aliphatic rings. The summed E-state index contributed by atoms with van der Waals surface area (Å²) in [5, 5.41) is 0.362. The zero-order valence-electron chi connectivity index (χ0n) is 14.1. The molecule has 4 rings (SSSR count). The fourth-order valence-electron chi connectivity index (χ4n) is 3.59. The minimum absolute atomic E-state index is 0.178. The van der Waals surface area contributed by atoms with Crippen LogP contribution >= 0.6 is 0 Å². The van der Waals surface area contributed by atoms with E-state index in [9.17, 15) is 9.18 Å². The van der Waals surface area contributed by atoms with Crippen LogP contribution in [-0.2, 0) is 0 Å². The summed E-state index contributed by atoms with van der Waals surface area (Å²) in [6.45, 7) is 5.45. The Morgan fingerprint density at radius 2 is 2.08 bits per heavy atom. The number of anilines is 1. The van der Waals surface area contributed by atoms with Crippen molar-refractivity contribution in [3.63, 3.8) is 0 Å². The Morgan fingerprint density at radius 3 is 2.71 bits per heavy atom. The molecule has 0 bridgehead atoms. The first-order chi connectivity index (χ1) is 11.3. The first-order valence-corrected chi connectivity index (χ1v) is 8.60. The van der Waals surface area contributed by atoms with Gasteiger partial charge in [-0.15, -0.1) is 0 Å². The number of fused-ring (bicyclic) bond motifs is 1. The average molecular weight is 330 g/mol. The lowest BCUT2D eigenvalue weighted by Crippen LogP contribution is -2.42. The molecule has 0 aromatic carbocycles. The Kier molecular flexibility index (Phi) is 3.42. The highest BCUT2D eigenvalue weighted by molar-refractivity contribution is 5.77. The smallest absolute Gasteiger partial charge is 0.191 e. The Bertz CT molecular complexity index is 850. The van der Waals surface area contributed by atoms with Gasteiger partial charge in [-0.2, -0.15) is 0 Å². The highest BCUT2D eigenvalue weighted by Crippen LogP contribution is 2.37. The normalized spacial score (nSPS) is 21.7. The number of hydrogen-bond acceptors (Lipinski definition) is 4. The van der Waals surface area contributed by atoms with Crippen molar-refractivity contribution in [2.75, 3.05) is 18.0 Å². The molecular formula is C18H23FN4O. The molecule has 1 saturated heterocycles. The number of aromatic nitrogens is 2. The lowest BCUT2D eigenvalue weighted by Gasteiger charge is -2.27. The number of pyridine rings is 2. The number of halogens is 1. The summed E-state index contributed by atoms with van der Waals surface area (Å²) >= 11 is 0. The fourth-order valence-corrected chi connectivity index (χ4v) is 3.59. The van der Waals surface area contributed by atoms with Gasteiger partial charge >= 0.3 is 0 Å². The number of hydrogen-bond donors (Lipinski definition) is 1. The number of nitrogens with zero attached hydrogens (tertiary/aromatic N) is 3. The van der Waals surface area contributed by atoms with E-state index in [1.54, 1.807) is 6.20 Å². The quantitative estimate of drug-likeness (QED) is 0.939. The predicted octanol–water partition coefficient (Wildman–Crippen LogP) is 2.43. The maximum absolute atomic E-state index is 14.6. The van der Waals surface area contributed by atoms with E-state index < -0.39 is 5.82 Å². The van der Waals surface area contributed by atoms with Crippen LogP contribution in [0.4, 0.5) is 10.2 Å². The minimum Gasteiger partial charge on any atom is -0.354 e. The molecule has 6 heteroatoms. The molecule has 2 aromatic heterocycles. The van der Waals surface area contributed by atoms with Crippen molar-refractivity contribution in [1.82, 2.24) is 9.55 Å². The molecule has 1 aliphatic heterocycles. The van der Waals surface area contributed by atoms with Crippen LogP contribution < -0.4 is 16.1 Å². The van der Waals surface area contributed by atoms with E-state index in [2.05, 4.69) is 4.98 Å². The number of nitrogens with two attached hydrogens (primary N) is 1. The Balaban J connectivity index is 1.78. The molecule has 128 valence electrons. The first-order valence-electron chi connectivity index (χ1n) is 8.60. The molecule has 0 radical (unpaired) electrons. The van der Waals surface area contributed by atoms with Crippen LogP contribution in [-0.4, -0.2) is 28.2 Å². The summed E-state index contributed by atoms with van der Waals surface area (Å²) in [4.78, 5) is 18.6. The van der Waals surface area contributed by atoms with Crippen molar-refractivity contribution in [3.05, 3.63) is 34.4 Å². The van der Waals surface area contributed by atoms with Gasteiger partial charge in [-0.25, -0.2) is 9.37 Å². The Hall–Kier alpha value is -1.95. The van der Waals surface area contributed by atoms with Crippen molar-refractivity contribution in [2.45, 2.75) is 44.7 Å². The molecule has 2 aromatic rings. The van der Waals surface area contributed by atoms with E-state index in [-0.39, 0.29) is 11.0 Å². The van der Waals surface area contributed by atoms with Gasteiger partial charge in [-0.3, -0.25) is 4.79 Å². The largest absolute Gasteiger partial charge is 0.354 e. The SMILES string of the molecule is CC(C)(N)C1CCN(c2nc3c(cc2F)c(=O)ccn3C2CC2)C1. The van der Waals surface area contributed by atoms with Crippen LogP contribution in [0.5, 0.6) is 0 Å². The Labute approximate surface area is 140 Å². The van der Waals surface area contributed by atoms with E-state index in [1.807, 2.05) is 23.3 Å². The van der Waals surface area contributed by atoms with Crippen LogP contribution in [0.25, 0.3) is 11.0 Å². The van der Waals surface area contributed by atoms with E-state index in [1.165, 1.54) is 12.1 Å². The van der Waals surface area contributed by atoms with E-state index >= 15 is 0 Å². The zero-order valence-corrected chi connectivity index (χ0v) is 14.1. The highest BCUT2D eigenvalue weighted by Gasteiger charge is 2.34. The van der Waals surface area contributed by atoms with E-state index in [0.29, 0.717) is 35.4 Å². The Morgan fingerprint density at radius 1 is 1.33 bits per heavy atom. The predicted molar refractivity (Wildman–Crippen MR) is 92.8 cm³/mol. The summed E-state index contributed by atoms with van der Waals surface area (Å²) in [5.41, 5.74) is 6.34. The summed E-state index contributed by atoms with van der Waals surface area (Å²) < 4.78 is 16.7. The van der Waals surface area contributed by atoms with Crippen LogP contribution in [0.1, 0.15) is 39.2 Å². The van der Waals surface area contributed by atoms with Gasteiger partial charge in [0.15, 0.2) is 17.1 Å². The minimum atomic E-state index is -0.427. The van der Waals surface area contributed by atoms with E-state index in [4.69, 9.17) is 5.73 Å². The van der Waals surface area contributed by atoms with Gasteiger partial charge < -0.3 is 15.2 Å². The van der Waals surface area contributed by atoms with E-state index in [0.717, 1.165) is 25.8 Å². The van der Waals surface area contributed by atoms with Crippen molar-refractivity contribution in [3.8, 4) is 0 Å². The van der Waals surface area contributed by atoms with Crippen molar-refractivity contribution in [2.24, 2.45) is 11.7 Å². The van der Waals surface area contributed by atoms with Crippen molar-refractivity contribution in [1.29, 1.82) is 0 Å². The molecule has 0 amide bonds. The third-order valence-corrected chi connectivity index (χ3v) is 5.31. The maximum Gasteiger partial charge on any atom is 0.191 e. The van der Waals surface area contributed by atoms with Gasteiger partial charge in [0.2, 0.25) is 0 Å².